The van der Waals surface area contributed by atoms with Gasteiger partial charge in [-0.25, -0.2) is 0 Å². The lowest BCUT2D eigenvalue weighted by Crippen LogP contribution is -2.20. The molecule has 8 heteroatoms. The van der Waals surface area contributed by atoms with Crippen molar-refractivity contribution < 1.29 is 4.79 Å². The Hall–Kier alpha value is -1.41. The maximum absolute atomic E-state index is 12.1. The molecule has 2 heterocycles. The Balaban J connectivity index is 2.00. The number of aromatic nitrogens is 4. The molecule has 1 amide bonds. The molecular weight excluding hydrogens is 318 g/mol. The third-order valence-corrected chi connectivity index (χ3v) is 5.09. The van der Waals surface area contributed by atoms with Crippen LogP contribution in [0.4, 0.5) is 5.13 Å². The molecule has 0 aliphatic heterocycles. The highest BCUT2D eigenvalue weighted by atomic mass is 32.2. The van der Waals surface area contributed by atoms with Gasteiger partial charge < -0.3 is 0 Å². The molecule has 0 aliphatic rings. The number of hydrogen-bond donors (Lipinski definition) is 1. The molecule has 2 aromatic heterocycles. The number of nitrogens with zero attached hydrogens (tertiary/aromatic N) is 4. The Bertz CT molecular complexity index is 662. The minimum atomic E-state index is -0.134. The summed E-state index contributed by atoms with van der Waals surface area (Å²) in [4.78, 5) is 12.1. The number of rotatable bonds is 6. The van der Waals surface area contributed by atoms with Gasteiger partial charge in [0.25, 0.3) is 0 Å². The number of carbonyl (C=O) groups excluding carboxylic acids is 1. The van der Waals surface area contributed by atoms with Gasteiger partial charge in [0.1, 0.15) is 6.54 Å². The maximum Gasteiger partial charge on any atom is 0.247 e. The molecule has 0 unspecified atom stereocenters. The summed E-state index contributed by atoms with van der Waals surface area (Å²) >= 11 is 3.03. The van der Waals surface area contributed by atoms with Crippen LogP contribution in [0.3, 0.4) is 0 Å². The number of nitrogens with one attached hydrogen (secondary N) is 1. The van der Waals surface area contributed by atoms with Gasteiger partial charge in [0.2, 0.25) is 11.0 Å². The Labute approximate surface area is 138 Å². The number of aryl methyl sites for hydroxylation is 1. The summed E-state index contributed by atoms with van der Waals surface area (Å²) in [5.41, 5.74) is 3.24. The normalized spacial score (nSPS) is 11.2. The predicted molar refractivity (Wildman–Crippen MR) is 90.6 cm³/mol. The first-order valence-electron chi connectivity index (χ1n) is 7.23. The summed E-state index contributed by atoms with van der Waals surface area (Å²) in [6.07, 6.45) is 0.922. The lowest BCUT2D eigenvalue weighted by atomic mass is 10.1. The van der Waals surface area contributed by atoms with Crippen molar-refractivity contribution in [1.29, 1.82) is 0 Å². The maximum atomic E-state index is 12.1. The summed E-state index contributed by atoms with van der Waals surface area (Å²) in [5, 5.41) is 16.3. The Morgan fingerprint density at radius 1 is 1.36 bits per heavy atom. The molecule has 120 valence electrons. The molecule has 0 saturated heterocycles. The van der Waals surface area contributed by atoms with Crippen LogP contribution in [0, 0.1) is 13.8 Å². The van der Waals surface area contributed by atoms with E-state index < -0.39 is 0 Å². The van der Waals surface area contributed by atoms with Crippen molar-refractivity contribution in [2.24, 2.45) is 0 Å². The zero-order valence-electron chi connectivity index (χ0n) is 13.5. The fraction of sp³-hybridized carbons (Fsp3) is 0.571. The first-order chi connectivity index (χ1) is 10.4. The summed E-state index contributed by atoms with van der Waals surface area (Å²) < 4.78 is 2.61. The van der Waals surface area contributed by atoms with E-state index in [1.54, 1.807) is 16.4 Å². The van der Waals surface area contributed by atoms with Crippen LogP contribution < -0.4 is 5.32 Å². The Morgan fingerprint density at radius 2 is 2.09 bits per heavy atom. The molecule has 0 saturated carbocycles. The molecule has 0 aromatic carbocycles. The third-order valence-electron chi connectivity index (χ3n) is 3.17. The monoisotopic (exact) mass is 339 g/mol. The van der Waals surface area contributed by atoms with Crippen LogP contribution in [0.1, 0.15) is 37.7 Å². The highest BCUT2D eigenvalue weighted by Crippen LogP contribution is 2.28. The number of carbonyl (C=O) groups is 1. The van der Waals surface area contributed by atoms with E-state index in [0.717, 1.165) is 22.1 Å². The second kappa shape index (κ2) is 7.23. The van der Waals surface area contributed by atoms with Crippen molar-refractivity contribution >= 4 is 34.1 Å². The minimum Gasteiger partial charge on any atom is -0.299 e. The number of amides is 1. The van der Waals surface area contributed by atoms with E-state index in [9.17, 15) is 4.79 Å². The standard InChI is InChI=1S/C14H21N5OS2/c1-6-11-9(4)18-19(10(11)5)7-12(20)15-13-16-17-14(22-13)21-8(2)3/h8H,6-7H2,1-5H3,(H,15,16,20). The van der Waals surface area contributed by atoms with Crippen molar-refractivity contribution in [3.05, 3.63) is 17.0 Å². The van der Waals surface area contributed by atoms with Crippen LogP contribution in [0.15, 0.2) is 4.34 Å². The predicted octanol–water partition coefficient (Wildman–Crippen LogP) is 3.05. The molecule has 0 fully saturated rings. The van der Waals surface area contributed by atoms with Crippen LogP contribution in [0.25, 0.3) is 0 Å². The van der Waals surface area contributed by atoms with Crippen molar-refractivity contribution in [1.82, 2.24) is 20.0 Å². The van der Waals surface area contributed by atoms with Crippen LogP contribution in [0.5, 0.6) is 0 Å². The van der Waals surface area contributed by atoms with Gasteiger partial charge in [0.05, 0.1) is 5.69 Å². The Kier molecular flexibility index (Phi) is 5.57. The van der Waals surface area contributed by atoms with Crippen molar-refractivity contribution in [3.8, 4) is 0 Å². The van der Waals surface area contributed by atoms with Crippen LogP contribution >= 0.6 is 23.1 Å². The first-order valence-corrected chi connectivity index (χ1v) is 8.93. The quantitative estimate of drug-likeness (QED) is 0.647. The van der Waals surface area contributed by atoms with E-state index in [2.05, 4.69) is 41.4 Å². The summed E-state index contributed by atoms with van der Waals surface area (Å²) in [6.45, 7) is 10.4. The van der Waals surface area contributed by atoms with E-state index in [0.29, 0.717) is 10.4 Å². The average Bonchev–Trinajstić information content (AvgIpc) is 2.94. The molecule has 6 nitrogen and oxygen atoms in total. The van der Waals surface area contributed by atoms with E-state index in [4.69, 9.17) is 0 Å². The molecular formula is C14H21N5OS2. The summed E-state index contributed by atoms with van der Waals surface area (Å²) in [6, 6.07) is 0. The molecule has 2 aromatic rings. The van der Waals surface area contributed by atoms with Gasteiger partial charge >= 0.3 is 0 Å². The minimum absolute atomic E-state index is 0.134. The summed E-state index contributed by atoms with van der Waals surface area (Å²) in [7, 11) is 0. The topological polar surface area (TPSA) is 72.7 Å². The second-order valence-corrected chi connectivity index (χ2v) is 8.05. The van der Waals surface area contributed by atoms with E-state index >= 15 is 0 Å². The third kappa shape index (κ3) is 4.07. The van der Waals surface area contributed by atoms with Gasteiger partial charge in [-0.2, -0.15) is 5.10 Å². The van der Waals surface area contributed by atoms with Crippen LogP contribution in [-0.4, -0.2) is 31.1 Å². The van der Waals surface area contributed by atoms with Gasteiger partial charge in [-0.05, 0) is 25.8 Å². The highest BCUT2D eigenvalue weighted by molar-refractivity contribution is 8.01. The molecule has 1 N–H and O–H groups in total. The smallest absolute Gasteiger partial charge is 0.247 e. The molecule has 0 atom stereocenters. The zero-order valence-corrected chi connectivity index (χ0v) is 15.1. The van der Waals surface area contributed by atoms with E-state index in [1.807, 2.05) is 13.8 Å². The van der Waals surface area contributed by atoms with E-state index in [-0.39, 0.29) is 12.5 Å². The van der Waals surface area contributed by atoms with Gasteiger partial charge in [0, 0.05) is 10.9 Å². The number of anilines is 1. The molecule has 0 radical (unpaired) electrons. The van der Waals surface area contributed by atoms with Crippen molar-refractivity contribution in [2.75, 3.05) is 5.32 Å². The molecule has 2 rings (SSSR count). The number of hydrogen-bond acceptors (Lipinski definition) is 6. The van der Waals surface area contributed by atoms with Gasteiger partial charge in [-0.1, -0.05) is 43.9 Å². The summed E-state index contributed by atoms with van der Waals surface area (Å²) in [5.74, 6) is -0.134. The van der Waals surface area contributed by atoms with Crippen molar-refractivity contribution in [3.63, 3.8) is 0 Å². The SMILES string of the molecule is CCc1c(C)nn(CC(=O)Nc2nnc(SC(C)C)s2)c1C. The van der Waals surface area contributed by atoms with Crippen LogP contribution in [0.2, 0.25) is 0 Å². The largest absolute Gasteiger partial charge is 0.299 e. The Morgan fingerprint density at radius 3 is 2.68 bits per heavy atom. The number of thioether (sulfide) groups is 1. The van der Waals surface area contributed by atoms with Gasteiger partial charge in [-0.3, -0.25) is 14.8 Å². The lowest BCUT2D eigenvalue weighted by molar-refractivity contribution is -0.116. The molecule has 0 bridgehead atoms. The van der Waals surface area contributed by atoms with Crippen LogP contribution in [-0.2, 0) is 17.8 Å². The second-order valence-electron chi connectivity index (χ2n) is 5.25. The average molecular weight is 339 g/mol. The molecule has 22 heavy (non-hydrogen) atoms. The lowest BCUT2D eigenvalue weighted by Gasteiger charge is -2.04. The van der Waals surface area contributed by atoms with Crippen molar-refractivity contribution in [2.45, 2.75) is 57.2 Å². The molecule has 0 spiro atoms. The first kappa shape index (κ1) is 17.0. The fourth-order valence-corrected chi connectivity index (χ4v) is 4.20. The van der Waals surface area contributed by atoms with E-state index in [1.165, 1.54) is 16.9 Å². The fourth-order valence-electron chi connectivity index (χ4n) is 2.20. The zero-order chi connectivity index (χ0) is 16.3. The van der Waals surface area contributed by atoms with Gasteiger partial charge in [0.15, 0.2) is 4.34 Å². The molecule has 0 aliphatic carbocycles. The van der Waals surface area contributed by atoms with Gasteiger partial charge in [-0.15, -0.1) is 10.2 Å². The highest BCUT2D eigenvalue weighted by Gasteiger charge is 2.14.